The molecule has 0 atom stereocenters. The summed E-state index contributed by atoms with van der Waals surface area (Å²) in [4.78, 5) is 8.41. The van der Waals surface area contributed by atoms with E-state index >= 15 is 0 Å². The molecule has 2 aromatic heterocycles. The standard InChI is InChI=1S/C15H14N4O/c1-10-12(3-2-4-13(10)16)15-18-14(19-20-15)9-11-5-7-17-8-6-11/h2-8H,9,16H2,1H3. The predicted molar refractivity (Wildman–Crippen MR) is 75.9 cm³/mol. The number of hydrogen-bond acceptors (Lipinski definition) is 5. The summed E-state index contributed by atoms with van der Waals surface area (Å²) in [6.07, 6.45) is 4.12. The summed E-state index contributed by atoms with van der Waals surface area (Å²) in [5.74, 6) is 1.15. The Morgan fingerprint density at radius 2 is 1.95 bits per heavy atom. The fourth-order valence-electron chi connectivity index (χ4n) is 2.00. The predicted octanol–water partition coefficient (Wildman–Crippen LogP) is 2.61. The number of nitrogens with two attached hydrogens (primary N) is 1. The monoisotopic (exact) mass is 266 g/mol. The highest BCUT2D eigenvalue weighted by molar-refractivity contribution is 5.66. The third kappa shape index (κ3) is 2.38. The Hall–Kier alpha value is -2.69. The smallest absolute Gasteiger partial charge is 0.258 e. The normalized spacial score (nSPS) is 10.7. The molecule has 20 heavy (non-hydrogen) atoms. The molecule has 0 amide bonds. The number of aromatic nitrogens is 3. The summed E-state index contributed by atoms with van der Waals surface area (Å²) in [7, 11) is 0. The van der Waals surface area contributed by atoms with Crippen LogP contribution in [0.25, 0.3) is 11.5 Å². The first-order chi connectivity index (χ1) is 9.74. The maximum atomic E-state index is 5.89. The van der Waals surface area contributed by atoms with E-state index in [0.717, 1.165) is 22.4 Å². The Labute approximate surface area is 116 Å². The van der Waals surface area contributed by atoms with E-state index in [2.05, 4.69) is 15.1 Å². The van der Waals surface area contributed by atoms with Crippen LogP contribution in [0.4, 0.5) is 5.69 Å². The molecule has 2 N–H and O–H groups in total. The van der Waals surface area contributed by atoms with Crippen molar-refractivity contribution in [3.8, 4) is 11.5 Å². The van der Waals surface area contributed by atoms with Gasteiger partial charge in [0.05, 0.1) is 0 Å². The number of nitrogens with zero attached hydrogens (tertiary/aromatic N) is 3. The van der Waals surface area contributed by atoms with E-state index in [1.807, 2.05) is 37.3 Å². The minimum Gasteiger partial charge on any atom is -0.398 e. The van der Waals surface area contributed by atoms with Crippen LogP contribution in [0.5, 0.6) is 0 Å². The lowest BCUT2D eigenvalue weighted by Gasteiger charge is -2.03. The van der Waals surface area contributed by atoms with E-state index in [1.165, 1.54) is 0 Å². The first-order valence-electron chi connectivity index (χ1n) is 6.31. The Morgan fingerprint density at radius 1 is 1.15 bits per heavy atom. The van der Waals surface area contributed by atoms with E-state index in [0.29, 0.717) is 18.1 Å². The van der Waals surface area contributed by atoms with E-state index < -0.39 is 0 Å². The molecule has 5 heteroatoms. The number of pyridine rings is 1. The van der Waals surface area contributed by atoms with Gasteiger partial charge in [0.25, 0.3) is 5.89 Å². The molecule has 3 aromatic rings. The lowest BCUT2D eigenvalue weighted by Crippen LogP contribution is -1.93. The molecule has 0 saturated carbocycles. The lowest BCUT2D eigenvalue weighted by molar-refractivity contribution is 0.423. The summed E-state index contributed by atoms with van der Waals surface area (Å²) >= 11 is 0. The molecule has 0 radical (unpaired) electrons. The largest absolute Gasteiger partial charge is 0.398 e. The molecule has 0 aliphatic carbocycles. The van der Waals surface area contributed by atoms with E-state index in [1.54, 1.807) is 12.4 Å². The van der Waals surface area contributed by atoms with Gasteiger partial charge < -0.3 is 10.3 Å². The zero-order chi connectivity index (χ0) is 13.9. The molecule has 5 nitrogen and oxygen atoms in total. The summed E-state index contributed by atoms with van der Waals surface area (Å²) in [5.41, 5.74) is 9.53. The van der Waals surface area contributed by atoms with E-state index in [-0.39, 0.29) is 0 Å². The third-order valence-electron chi connectivity index (χ3n) is 3.19. The van der Waals surface area contributed by atoms with Gasteiger partial charge >= 0.3 is 0 Å². The van der Waals surface area contributed by atoms with Gasteiger partial charge in [0, 0.05) is 30.1 Å². The van der Waals surface area contributed by atoms with Crippen molar-refractivity contribution < 1.29 is 4.52 Å². The maximum Gasteiger partial charge on any atom is 0.258 e. The Morgan fingerprint density at radius 3 is 2.75 bits per heavy atom. The number of nitrogen functional groups attached to an aromatic ring is 1. The van der Waals surface area contributed by atoms with Gasteiger partial charge in [-0.1, -0.05) is 11.2 Å². The van der Waals surface area contributed by atoms with Crippen LogP contribution in [0.3, 0.4) is 0 Å². The minimum absolute atomic E-state index is 0.499. The summed E-state index contributed by atoms with van der Waals surface area (Å²) in [6, 6.07) is 9.52. The van der Waals surface area contributed by atoms with Gasteiger partial charge in [0.1, 0.15) is 0 Å². The molecular formula is C15H14N4O. The van der Waals surface area contributed by atoms with Crippen molar-refractivity contribution in [1.29, 1.82) is 0 Å². The molecule has 100 valence electrons. The van der Waals surface area contributed by atoms with Crippen molar-refractivity contribution in [3.63, 3.8) is 0 Å². The van der Waals surface area contributed by atoms with Crippen molar-refractivity contribution in [1.82, 2.24) is 15.1 Å². The number of hydrogen-bond donors (Lipinski definition) is 1. The molecule has 0 fully saturated rings. The molecule has 0 unspecified atom stereocenters. The maximum absolute atomic E-state index is 5.89. The minimum atomic E-state index is 0.499. The highest BCUT2D eigenvalue weighted by atomic mass is 16.5. The molecule has 0 bridgehead atoms. The van der Waals surface area contributed by atoms with E-state index in [9.17, 15) is 0 Å². The van der Waals surface area contributed by atoms with Gasteiger partial charge in [-0.3, -0.25) is 4.98 Å². The zero-order valence-corrected chi connectivity index (χ0v) is 11.1. The number of anilines is 1. The van der Waals surface area contributed by atoms with Crippen molar-refractivity contribution in [2.24, 2.45) is 0 Å². The summed E-state index contributed by atoms with van der Waals surface area (Å²) in [5, 5.41) is 4.01. The third-order valence-corrected chi connectivity index (χ3v) is 3.19. The van der Waals surface area contributed by atoms with Crippen LogP contribution in [-0.2, 0) is 6.42 Å². The average Bonchev–Trinajstić information content (AvgIpc) is 2.91. The Balaban J connectivity index is 1.89. The highest BCUT2D eigenvalue weighted by Gasteiger charge is 2.12. The van der Waals surface area contributed by atoms with Crippen LogP contribution in [0, 0.1) is 6.92 Å². The molecule has 0 spiro atoms. The van der Waals surface area contributed by atoms with E-state index in [4.69, 9.17) is 10.3 Å². The van der Waals surface area contributed by atoms with Crippen LogP contribution in [0.2, 0.25) is 0 Å². The average molecular weight is 266 g/mol. The summed E-state index contributed by atoms with van der Waals surface area (Å²) in [6.45, 7) is 1.94. The second kappa shape index (κ2) is 5.13. The van der Waals surface area contributed by atoms with Gasteiger partial charge in [-0.25, -0.2) is 0 Å². The van der Waals surface area contributed by atoms with Crippen molar-refractivity contribution in [3.05, 3.63) is 59.7 Å². The van der Waals surface area contributed by atoms with Crippen LogP contribution >= 0.6 is 0 Å². The molecule has 3 rings (SSSR count). The second-order valence-electron chi connectivity index (χ2n) is 4.57. The molecular weight excluding hydrogens is 252 g/mol. The fourth-order valence-corrected chi connectivity index (χ4v) is 2.00. The first kappa shape index (κ1) is 12.3. The lowest BCUT2D eigenvalue weighted by atomic mass is 10.1. The number of benzene rings is 1. The van der Waals surface area contributed by atoms with Crippen LogP contribution in [-0.4, -0.2) is 15.1 Å². The SMILES string of the molecule is Cc1c(N)cccc1-c1nc(Cc2ccncc2)no1. The van der Waals surface area contributed by atoms with Gasteiger partial charge in [-0.15, -0.1) is 0 Å². The number of rotatable bonds is 3. The van der Waals surface area contributed by atoms with Crippen molar-refractivity contribution in [2.75, 3.05) is 5.73 Å². The van der Waals surface area contributed by atoms with Gasteiger partial charge in [0.15, 0.2) is 5.82 Å². The topological polar surface area (TPSA) is 77.8 Å². The zero-order valence-electron chi connectivity index (χ0n) is 11.1. The van der Waals surface area contributed by atoms with Crippen LogP contribution in [0.1, 0.15) is 17.0 Å². The first-order valence-corrected chi connectivity index (χ1v) is 6.31. The fraction of sp³-hybridized carbons (Fsp3) is 0.133. The molecule has 0 aliphatic heterocycles. The van der Waals surface area contributed by atoms with Crippen LogP contribution < -0.4 is 5.73 Å². The Bertz CT molecular complexity index is 722. The quantitative estimate of drug-likeness (QED) is 0.737. The van der Waals surface area contributed by atoms with Crippen LogP contribution in [0.15, 0.2) is 47.2 Å². The van der Waals surface area contributed by atoms with Crippen molar-refractivity contribution in [2.45, 2.75) is 13.3 Å². The van der Waals surface area contributed by atoms with Gasteiger partial charge in [-0.2, -0.15) is 4.98 Å². The van der Waals surface area contributed by atoms with Gasteiger partial charge in [0.2, 0.25) is 0 Å². The second-order valence-corrected chi connectivity index (χ2v) is 4.57. The highest BCUT2D eigenvalue weighted by Crippen LogP contribution is 2.25. The molecule has 0 aliphatic rings. The molecule has 0 saturated heterocycles. The van der Waals surface area contributed by atoms with Gasteiger partial charge in [-0.05, 0) is 42.3 Å². The molecule has 2 heterocycles. The Kier molecular flexibility index (Phi) is 3.16. The molecule has 1 aromatic carbocycles. The summed E-state index contributed by atoms with van der Waals surface area (Å²) < 4.78 is 5.33. The van der Waals surface area contributed by atoms with Crippen molar-refractivity contribution >= 4 is 5.69 Å².